The first-order chi connectivity index (χ1) is 12.1. The minimum atomic E-state index is -0.243. The van der Waals surface area contributed by atoms with Crippen LogP contribution in [0.5, 0.6) is 0 Å². The summed E-state index contributed by atoms with van der Waals surface area (Å²) in [6, 6.07) is 10.7. The van der Waals surface area contributed by atoms with E-state index in [4.69, 9.17) is 5.41 Å². The molecule has 2 aliphatic rings. The van der Waals surface area contributed by atoms with Crippen LogP contribution in [0.3, 0.4) is 0 Å². The molecular formula is C20H21FN3Pb. The minimum absolute atomic E-state index is 0.243. The third-order valence-electron chi connectivity index (χ3n) is 5.65. The fourth-order valence-electron chi connectivity index (χ4n) is 4.30. The second-order valence-electron chi connectivity index (χ2n) is 7.26. The van der Waals surface area contributed by atoms with Crippen LogP contribution in [0.2, 0.25) is 0 Å². The van der Waals surface area contributed by atoms with E-state index in [9.17, 15) is 4.39 Å². The molecule has 2 aromatic carbocycles. The molecule has 0 aromatic heterocycles. The van der Waals surface area contributed by atoms with Gasteiger partial charge in [0.05, 0.1) is 0 Å². The number of likely N-dealkylation sites (tertiary alicyclic amines) is 1. The van der Waals surface area contributed by atoms with Crippen molar-refractivity contribution in [3.63, 3.8) is 0 Å². The third-order valence-corrected chi connectivity index (χ3v) is 7.39. The molecule has 2 atom stereocenters. The maximum absolute atomic E-state index is 13.1. The number of nitrogens with one attached hydrogen (secondary N) is 2. The van der Waals surface area contributed by atoms with Gasteiger partial charge in [0.1, 0.15) is 5.82 Å². The normalized spacial score (nSPS) is 24.8. The van der Waals surface area contributed by atoms with Gasteiger partial charge < -0.3 is 0 Å². The van der Waals surface area contributed by atoms with Crippen LogP contribution in [0.15, 0.2) is 36.4 Å². The van der Waals surface area contributed by atoms with Crippen molar-refractivity contribution in [2.45, 2.75) is 18.8 Å². The van der Waals surface area contributed by atoms with Crippen molar-refractivity contribution in [3.05, 3.63) is 58.9 Å². The fraction of sp³-hybridized carbons (Fsp3) is 0.350. The predicted molar refractivity (Wildman–Crippen MR) is 101 cm³/mol. The standard InChI is InChI=1S/C20H21FN3.Pb/c1-13-7-19(23-17-5-3-16(21)4-6-17)14(10-22)8-18(13)20-9-15(20)11-24(2)12-20;/h3-8,10,15,22-23H,2,9,11-12H2,1H3;. The van der Waals surface area contributed by atoms with Gasteiger partial charge in [-0.15, -0.1) is 0 Å². The molecule has 0 bridgehead atoms. The molecule has 1 saturated heterocycles. The predicted octanol–water partition coefficient (Wildman–Crippen LogP) is 3.57. The van der Waals surface area contributed by atoms with E-state index in [1.165, 1.54) is 78.9 Å². The first-order valence-electron chi connectivity index (χ1n) is 8.61. The molecule has 2 aromatic rings. The van der Waals surface area contributed by atoms with Crippen LogP contribution in [0, 0.1) is 24.1 Å². The Kier molecular flexibility index (Phi) is 4.44. The Morgan fingerprint density at radius 1 is 1.36 bits per heavy atom. The van der Waals surface area contributed by atoms with Crippen LogP contribution >= 0.6 is 0 Å². The van der Waals surface area contributed by atoms with E-state index in [1.807, 2.05) is 0 Å². The summed E-state index contributed by atoms with van der Waals surface area (Å²) in [5.74, 6) is 0.544. The number of aryl methyl sites for hydroxylation is 1. The Morgan fingerprint density at radius 3 is 2.76 bits per heavy atom. The van der Waals surface area contributed by atoms with Gasteiger partial charge in [0.25, 0.3) is 0 Å². The molecule has 2 N–H and O–H groups in total. The van der Waals surface area contributed by atoms with E-state index < -0.39 is 0 Å². The van der Waals surface area contributed by atoms with E-state index in [-0.39, 0.29) is 5.82 Å². The number of fused-ring (bicyclic) bond motifs is 1. The summed E-state index contributed by atoms with van der Waals surface area (Å²) in [5, 5.41) is 11.2. The van der Waals surface area contributed by atoms with Gasteiger partial charge in [0.15, 0.2) is 0 Å². The first-order valence-corrected chi connectivity index (χ1v) is 11.4. The Labute approximate surface area is 163 Å². The summed E-state index contributed by atoms with van der Waals surface area (Å²) < 4.78 is 14.4. The number of benzene rings is 2. The number of rotatable bonds is 5. The van der Waals surface area contributed by atoms with Crippen molar-refractivity contribution in [2.75, 3.05) is 22.5 Å². The second-order valence-corrected chi connectivity index (χ2v) is 8.49. The molecule has 5 heteroatoms. The summed E-state index contributed by atoms with van der Waals surface area (Å²) in [5.41, 5.74) is 5.66. The zero-order valence-corrected chi connectivity index (χ0v) is 18.2. The number of nitrogens with zero attached hydrogens (tertiary/aromatic N) is 1. The van der Waals surface area contributed by atoms with E-state index in [0.29, 0.717) is 5.41 Å². The maximum atomic E-state index is 13.1. The molecule has 2 unspecified atom stereocenters. The van der Waals surface area contributed by atoms with Crippen LogP contribution in [0.25, 0.3) is 0 Å². The molecular weight excluding hydrogens is 508 g/mol. The molecule has 2 fully saturated rings. The van der Waals surface area contributed by atoms with Crippen molar-refractivity contribution in [3.8, 4) is 0 Å². The molecule has 1 heterocycles. The Morgan fingerprint density at radius 2 is 2.12 bits per heavy atom. The molecule has 3 nitrogen and oxygen atoms in total. The van der Waals surface area contributed by atoms with Gasteiger partial charge in [0.2, 0.25) is 0 Å². The second kappa shape index (κ2) is 6.47. The van der Waals surface area contributed by atoms with Crippen LogP contribution in [0.4, 0.5) is 15.8 Å². The van der Waals surface area contributed by atoms with E-state index in [1.54, 1.807) is 12.1 Å². The first kappa shape index (κ1) is 17.2. The number of piperidine rings is 1. The average molecular weight is 530 g/mol. The zero-order valence-electron chi connectivity index (χ0n) is 14.3. The molecule has 4 rings (SSSR count). The molecule has 1 saturated carbocycles. The van der Waals surface area contributed by atoms with Gasteiger partial charge in [-0.1, -0.05) is 0 Å². The monoisotopic (exact) mass is 530 g/mol. The Bertz CT molecular complexity index is 820. The Balaban J connectivity index is 1.66. The topological polar surface area (TPSA) is 39.1 Å². The SMILES string of the molecule is Cc1cc(Nc2ccc(F)cc2)c(C=N)cc1C12CC1CN([CH2][Pb])C2. The van der Waals surface area contributed by atoms with E-state index in [0.717, 1.165) is 22.9 Å². The van der Waals surface area contributed by atoms with E-state index >= 15 is 0 Å². The van der Waals surface area contributed by atoms with Crippen molar-refractivity contribution < 1.29 is 4.39 Å². The summed E-state index contributed by atoms with van der Waals surface area (Å²) in [6.45, 7) is 4.58. The van der Waals surface area contributed by atoms with Crippen molar-refractivity contribution in [1.29, 1.82) is 5.41 Å². The molecule has 3 radical (unpaired) electrons. The summed E-state index contributed by atoms with van der Waals surface area (Å²) in [4.78, 5) is 2.59. The zero-order chi connectivity index (χ0) is 17.6. The van der Waals surface area contributed by atoms with Crippen LogP contribution in [0.1, 0.15) is 23.1 Å². The van der Waals surface area contributed by atoms with Crippen molar-refractivity contribution in [1.82, 2.24) is 4.90 Å². The molecule has 1 aliphatic heterocycles. The van der Waals surface area contributed by atoms with Gasteiger partial charge in [-0.05, 0) is 0 Å². The van der Waals surface area contributed by atoms with Crippen molar-refractivity contribution >= 4 is 43.4 Å². The van der Waals surface area contributed by atoms with Gasteiger partial charge in [-0.3, -0.25) is 0 Å². The summed E-state index contributed by atoms with van der Waals surface area (Å²) in [7, 11) is 0. The van der Waals surface area contributed by atoms with Gasteiger partial charge in [-0.25, -0.2) is 4.39 Å². The van der Waals surface area contributed by atoms with Gasteiger partial charge in [0, 0.05) is 0 Å². The van der Waals surface area contributed by atoms with Gasteiger partial charge in [-0.2, -0.15) is 0 Å². The number of hydrogen-bond acceptors (Lipinski definition) is 3. The fourth-order valence-corrected chi connectivity index (χ4v) is 5.24. The van der Waals surface area contributed by atoms with Gasteiger partial charge >= 0.3 is 154 Å². The summed E-state index contributed by atoms with van der Waals surface area (Å²) in [6.07, 6.45) is 2.70. The average Bonchev–Trinajstić information content (AvgIpc) is 3.18. The molecule has 1 aliphatic carbocycles. The number of anilines is 2. The third kappa shape index (κ3) is 3.03. The van der Waals surface area contributed by atoms with Crippen LogP contribution < -0.4 is 5.32 Å². The quantitative estimate of drug-likeness (QED) is 0.459. The number of halogens is 1. The number of hydrogen-bond donors (Lipinski definition) is 2. The van der Waals surface area contributed by atoms with E-state index in [2.05, 4.69) is 29.3 Å². The molecule has 127 valence electrons. The molecule has 0 spiro atoms. The van der Waals surface area contributed by atoms with Crippen LogP contribution in [-0.2, 0) is 5.41 Å². The van der Waals surface area contributed by atoms with Crippen molar-refractivity contribution in [2.24, 2.45) is 5.92 Å². The van der Waals surface area contributed by atoms with Crippen LogP contribution in [-0.4, -0.2) is 54.1 Å². The summed E-state index contributed by atoms with van der Waals surface area (Å²) >= 11 is 1.23. The molecule has 0 amide bonds. The molecule has 25 heavy (non-hydrogen) atoms. The Hall–Kier alpha value is -1.28.